The van der Waals surface area contributed by atoms with Gasteiger partial charge in [0.1, 0.15) is 11.6 Å². The molecule has 0 amide bonds. The molecule has 1 aliphatic heterocycles. The van der Waals surface area contributed by atoms with Crippen molar-refractivity contribution >= 4 is 5.97 Å². The minimum absolute atomic E-state index is 0.0275. The third kappa shape index (κ3) is 3.80. The molecule has 1 rings (SSSR count). The number of methoxy groups -OCH3 is 1. The molecule has 0 radical (unpaired) electrons. The Balaban J connectivity index is 2.76. The van der Waals surface area contributed by atoms with E-state index in [-0.39, 0.29) is 5.57 Å². The molecule has 0 atom stereocenters. The van der Waals surface area contributed by atoms with Crippen LogP contribution in [0.25, 0.3) is 0 Å². The number of hydrogen-bond donors (Lipinski definition) is 0. The minimum Gasteiger partial charge on any atom is -0.465 e. The van der Waals surface area contributed by atoms with Gasteiger partial charge in [0.2, 0.25) is 0 Å². The predicted octanol–water partition coefficient (Wildman–Crippen LogP) is 2.06. The second-order valence-electron chi connectivity index (χ2n) is 3.47. The Morgan fingerprint density at radius 1 is 1.56 bits per heavy atom. The molecule has 0 aromatic carbocycles. The van der Waals surface area contributed by atoms with E-state index in [0.717, 1.165) is 12.1 Å². The summed E-state index contributed by atoms with van der Waals surface area (Å²) < 4.78 is 4.48. The topological polar surface area (TPSA) is 53.3 Å². The third-order valence-corrected chi connectivity index (χ3v) is 2.23. The molecule has 18 heavy (non-hydrogen) atoms. The minimum atomic E-state index is -0.633. The van der Waals surface area contributed by atoms with Crippen LogP contribution in [0.3, 0.4) is 0 Å². The molecule has 0 aliphatic carbocycles. The summed E-state index contributed by atoms with van der Waals surface area (Å²) in [6, 6.07) is 1.79. The first-order valence-electron chi connectivity index (χ1n) is 5.34. The van der Waals surface area contributed by atoms with Gasteiger partial charge in [0.15, 0.2) is 0 Å². The van der Waals surface area contributed by atoms with Crippen LogP contribution in [0.2, 0.25) is 0 Å². The summed E-state index contributed by atoms with van der Waals surface area (Å²) in [5, 5.41) is 8.77. The van der Waals surface area contributed by atoms with Crippen LogP contribution in [0.1, 0.15) is 0 Å². The quantitative estimate of drug-likeness (QED) is 0.328. The Labute approximate surface area is 106 Å². The zero-order chi connectivity index (χ0) is 13.4. The van der Waals surface area contributed by atoms with Crippen LogP contribution in [-0.2, 0) is 9.53 Å². The number of esters is 1. The lowest BCUT2D eigenvalue weighted by atomic mass is 10.1. The summed E-state index contributed by atoms with van der Waals surface area (Å²) in [6.45, 7) is 4.39. The smallest absolute Gasteiger partial charge is 0.348 e. The lowest BCUT2D eigenvalue weighted by Gasteiger charge is -2.16. The zero-order valence-electron chi connectivity index (χ0n) is 10.2. The molecule has 0 saturated heterocycles. The van der Waals surface area contributed by atoms with Gasteiger partial charge in [-0.3, -0.25) is 0 Å². The molecule has 1 aliphatic rings. The van der Waals surface area contributed by atoms with Crippen molar-refractivity contribution in [2.45, 2.75) is 0 Å². The van der Waals surface area contributed by atoms with Gasteiger partial charge < -0.3 is 9.64 Å². The van der Waals surface area contributed by atoms with Gasteiger partial charge in [0.25, 0.3) is 0 Å². The fourth-order valence-electron chi connectivity index (χ4n) is 1.29. The first-order valence-corrected chi connectivity index (χ1v) is 5.34. The Morgan fingerprint density at radius 2 is 2.22 bits per heavy atom. The van der Waals surface area contributed by atoms with E-state index in [1.807, 2.05) is 29.5 Å². The highest BCUT2D eigenvalue weighted by Gasteiger charge is 2.06. The molecule has 4 nitrogen and oxygen atoms in total. The van der Waals surface area contributed by atoms with Gasteiger partial charge in [-0.05, 0) is 23.8 Å². The normalized spacial score (nSPS) is 14.1. The van der Waals surface area contributed by atoms with E-state index in [1.54, 1.807) is 18.2 Å². The fraction of sp³-hybridized carbons (Fsp3) is 0.143. The maximum absolute atomic E-state index is 11.2. The Hall–Kier alpha value is -2.54. The van der Waals surface area contributed by atoms with Crippen molar-refractivity contribution in [2.75, 3.05) is 13.7 Å². The molecular weight excluding hydrogens is 228 g/mol. The number of nitrogens with zero attached hydrogens (tertiary/aromatic N) is 2. The first-order chi connectivity index (χ1) is 8.71. The van der Waals surface area contributed by atoms with Crippen molar-refractivity contribution in [2.24, 2.45) is 0 Å². The highest BCUT2D eigenvalue weighted by molar-refractivity contribution is 5.93. The zero-order valence-corrected chi connectivity index (χ0v) is 10.2. The number of allylic oxidation sites excluding steroid dienone is 5. The summed E-state index contributed by atoms with van der Waals surface area (Å²) in [6.07, 6.45) is 12.5. The van der Waals surface area contributed by atoms with Crippen molar-refractivity contribution in [3.63, 3.8) is 0 Å². The Bertz CT molecular complexity index is 474. The first kappa shape index (κ1) is 13.5. The van der Waals surface area contributed by atoms with Gasteiger partial charge in [-0.1, -0.05) is 12.2 Å². The highest BCUT2D eigenvalue weighted by Crippen LogP contribution is 2.10. The Kier molecular flexibility index (Phi) is 5.20. The van der Waals surface area contributed by atoms with Gasteiger partial charge >= 0.3 is 5.97 Å². The van der Waals surface area contributed by atoms with Gasteiger partial charge in [0.05, 0.1) is 7.11 Å². The number of ether oxygens (including phenoxy) is 1. The molecule has 92 valence electrons. The molecule has 0 unspecified atom stereocenters. The van der Waals surface area contributed by atoms with Crippen molar-refractivity contribution < 1.29 is 9.53 Å². The number of rotatable bonds is 4. The lowest BCUT2D eigenvalue weighted by Crippen LogP contribution is -2.10. The van der Waals surface area contributed by atoms with Gasteiger partial charge in [-0.2, -0.15) is 5.26 Å². The van der Waals surface area contributed by atoms with Crippen molar-refractivity contribution in [1.82, 2.24) is 4.90 Å². The maximum atomic E-state index is 11.2. The van der Waals surface area contributed by atoms with Crippen LogP contribution in [0, 0.1) is 11.3 Å². The van der Waals surface area contributed by atoms with Gasteiger partial charge in [-0.25, -0.2) is 4.79 Å². The van der Waals surface area contributed by atoms with Crippen molar-refractivity contribution in [1.29, 1.82) is 5.26 Å². The average molecular weight is 242 g/mol. The van der Waals surface area contributed by atoms with E-state index in [4.69, 9.17) is 5.26 Å². The van der Waals surface area contributed by atoms with Gasteiger partial charge in [0, 0.05) is 18.9 Å². The standard InChI is InChI=1S/C14H14N2O2/c1-3-8-16-9-6-12(7-10-16)4-5-13(11-15)14(17)18-2/h3-7,9-10H,1,8H2,2H3/b13-5+. The molecule has 0 aromatic heterocycles. The largest absolute Gasteiger partial charge is 0.465 e. The monoisotopic (exact) mass is 242 g/mol. The van der Waals surface area contributed by atoms with Crippen LogP contribution < -0.4 is 0 Å². The third-order valence-electron chi connectivity index (χ3n) is 2.23. The van der Waals surface area contributed by atoms with Crippen LogP contribution in [0.5, 0.6) is 0 Å². The molecule has 0 saturated carbocycles. The fourth-order valence-corrected chi connectivity index (χ4v) is 1.29. The average Bonchev–Trinajstić information content (AvgIpc) is 2.41. The summed E-state index contributed by atoms with van der Waals surface area (Å²) in [5.74, 6) is -0.633. The number of carbonyl (C=O) groups is 1. The molecule has 0 N–H and O–H groups in total. The second kappa shape index (κ2) is 6.92. The van der Waals surface area contributed by atoms with E-state index in [1.165, 1.54) is 13.2 Å². The summed E-state index contributed by atoms with van der Waals surface area (Å²) >= 11 is 0. The summed E-state index contributed by atoms with van der Waals surface area (Å²) in [7, 11) is 1.24. The van der Waals surface area contributed by atoms with Crippen molar-refractivity contribution in [3.05, 3.63) is 60.5 Å². The van der Waals surface area contributed by atoms with Gasteiger partial charge in [-0.15, -0.1) is 6.58 Å². The second-order valence-corrected chi connectivity index (χ2v) is 3.47. The molecule has 0 aromatic rings. The van der Waals surface area contributed by atoms with E-state index in [9.17, 15) is 4.79 Å². The van der Waals surface area contributed by atoms with Crippen LogP contribution in [0.4, 0.5) is 0 Å². The van der Waals surface area contributed by atoms with E-state index in [0.29, 0.717) is 0 Å². The SMILES string of the molecule is C=CCN1C=CC(=C/C=C(\C#N)C(=O)OC)C=C1. The van der Waals surface area contributed by atoms with E-state index in [2.05, 4.69) is 11.3 Å². The molecule has 0 fully saturated rings. The molecule has 0 bridgehead atoms. The maximum Gasteiger partial charge on any atom is 0.348 e. The predicted molar refractivity (Wildman–Crippen MR) is 69.0 cm³/mol. The number of nitriles is 1. The van der Waals surface area contributed by atoms with Crippen LogP contribution in [-0.4, -0.2) is 24.5 Å². The molecule has 1 heterocycles. The van der Waals surface area contributed by atoms with E-state index < -0.39 is 5.97 Å². The summed E-state index contributed by atoms with van der Waals surface area (Å²) in [4.78, 5) is 13.1. The molecule has 4 heteroatoms. The Morgan fingerprint density at radius 3 is 2.72 bits per heavy atom. The number of hydrogen-bond acceptors (Lipinski definition) is 4. The molecular formula is C14H14N2O2. The lowest BCUT2D eigenvalue weighted by molar-refractivity contribution is -0.135. The van der Waals surface area contributed by atoms with Crippen molar-refractivity contribution in [3.8, 4) is 6.07 Å². The van der Waals surface area contributed by atoms with Crippen LogP contribution >= 0.6 is 0 Å². The number of carbonyl (C=O) groups excluding carboxylic acids is 1. The molecule has 0 spiro atoms. The van der Waals surface area contributed by atoms with Crippen LogP contribution in [0.15, 0.2) is 60.5 Å². The summed E-state index contributed by atoms with van der Waals surface area (Å²) in [5.41, 5.74) is 0.868. The highest BCUT2D eigenvalue weighted by atomic mass is 16.5. The van der Waals surface area contributed by atoms with E-state index >= 15 is 0 Å².